The van der Waals surface area contributed by atoms with Crippen LogP contribution in [0.5, 0.6) is 0 Å². The molecule has 0 saturated heterocycles. The number of hydrogen-bond donors (Lipinski definition) is 1. The number of alkyl halides is 1. The lowest BCUT2D eigenvalue weighted by molar-refractivity contribution is 0.161. The summed E-state index contributed by atoms with van der Waals surface area (Å²) in [5.41, 5.74) is 5.20. The molecule has 75 valence electrons. The first-order valence-electron chi connectivity index (χ1n) is 3.51. The number of rotatable bonds is 5. The first kappa shape index (κ1) is 10.9. The topological polar surface area (TPSA) is 90.5 Å². The lowest BCUT2D eigenvalue weighted by atomic mass is 10.4. The summed E-state index contributed by atoms with van der Waals surface area (Å²) in [6.45, 7) is 0.201. The number of anilines is 1. The Morgan fingerprint density at radius 2 is 2.57 bits per heavy atom. The van der Waals surface area contributed by atoms with Crippen LogP contribution in [0.3, 0.4) is 0 Å². The standard InChI is InChI=1S/C6H6ClN4O2S/c7-1-2-13-10-4(3-12)5-9-6(8)14-11-5/h1-2H2,(H2,8,9,11)/b10-4+. The van der Waals surface area contributed by atoms with Gasteiger partial charge >= 0.3 is 0 Å². The number of carbonyl (C=O) groups excluding carboxylic acids is 1. The fourth-order valence-corrected chi connectivity index (χ4v) is 1.08. The average molecular weight is 234 g/mol. The van der Waals surface area contributed by atoms with Crippen molar-refractivity contribution in [3.63, 3.8) is 0 Å². The molecule has 0 aliphatic carbocycles. The van der Waals surface area contributed by atoms with Gasteiger partial charge in [0.1, 0.15) is 6.61 Å². The van der Waals surface area contributed by atoms with Gasteiger partial charge in [-0.1, -0.05) is 5.16 Å². The molecule has 6 nitrogen and oxygen atoms in total. The summed E-state index contributed by atoms with van der Waals surface area (Å²) in [7, 11) is 0. The van der Waals surface area contributed by atoms with Crippen LogP contribution in [0.4, 0.5) is 5.13 Å². The third-order valence-electron chi connectivity index (χ3n) is 1.07. The van der Waals surface area contributed by atoms with Gasteiger partial charge in [-0.05, 0) is 0 Å². The maximum absolute atomic E-state index is 10.4. The van der Waals surface area contributed by atoms with Crippen molar-refractivity contribution < 1.29 is 9.63 Å². The number of hydrogen-bond acceptors (Lipinski definition) is 7. The van der Waals surface area contributed by atoms with Gasteiger partial charge in [-0.15, -0.1) is 11.6 Å². The molecule has 0 amide bonds. The summed E-state index contributed by atoms with van der Waals surface area (Å²) in [5.74, 6) is 0.388. The molecule has 0 atom stereocenters. The van der Waals surface area contributed by atoms with Gasteiger partial charge in [-0.3, -0.25) is 4.79 Å². The summed E-state index contributed by atoms with van der Waals surface area (Å²) in [5, 5.41) is 3.70. The second kappa shape index (κ2) is 5.51. The van der Waals surface area contributed by atoms with Crippen LogP contribution in [-0.2, 0) is 9.63 Å². The zero-order valence-electron chi connectivity index (χ0n) is 6.94. The van der Waals surface area contributed by atoms with Gasteiger partial charge in [-0.25, -0.2) is 0 Å². The van der Waals surface area contributed by atoms with Gasteiger partial charge in [0.15, 0.2) is 10.8 Å². The summed E-state index contributed by atoms with van der Waals surface area (Å²) in [4.78, 5) is 18.8. The Kier molecular flexibility index (Phi) is 4.27. The van der Waals surface area contributed by atoms with Crippen LogP contribution in [0.15, 0.2) is 5.16 Å². The fraction of sp³-hybridized carbons (Fsp3) is 0.333. The second-order valence-electron chi connectivity index (χ2n) is 2.02. The van der Waals surface area contributed by atoms with E-state index in [1.807, 2.05) is 0 Å². The van der Waals surface area contributed by atoms with Crippen LogP contribution in [0.25, 0.3) is 0 Å². The summed E-state index contributed by atoms with van der Waals surface area (Å²) in [6.07, 6.45) is 1.55. The maximum atomic E-state index is 10.4. The molecule has 2 N–H and O–H groups in total. The maximum Gasteiger partial charge on any atom is 0.261 e. The van der Waals surface area contributed by atoms with Crippen molar-refractivity contribution in [1.82, 2.24) is 9.36 Å². The molecule has 1 radical (unpaired) electrons. The van der Waals surface area contributed by atoms with E-state index in [0.29, 0.717) is 0 Å². The zero-order chi connectivity index (χ0) is 10.4. The van der Waals surface area contributed by atoms with E-state index in [0.717, 1.165) is 11.5 Å². The van der Waals surface area contributed by atoms with E-state index < -0.39 is 0 Å². The Hall–Kier alpha value is -1.21. The van der Waals surface area contributed by atoms with Crippen LogP contribution >= 0.6 is 23.1 Å². The number of nitrogens with zero attached hydrogens (tertiary/aromatic N) is 3. The van der Waals surface area contributed by atoms with Gasteiger partial charge < -0.3 is 10.6 Å². The minimum absolute atomic E-state index is 0.108. The van der Waals surface area contributed by atoms with Gasteiger partial charge in [0.05, 0.1) is 5.88 Å². The first-order chi connectivity index (χ1) is 6.77. The third-order valence-corrected chi connectivity index (χ3v) is 1.77. The molecule has 1 aromatic heterocycles. The molecule has 0 saturated carbocycles. The minimum atomic E-state index is -0.122. The quantitative estimate of drug-likeness (QED) is 0.339. The Morgan fingerprint density at radius 3 is 3.07 bits per heavy atom. The molecule has 0 unspecified atom stereocenters. The van der Waals surface area contributed by atoms with E-state index in [2.05, 4.69) is 19.4 Å². The zero-order valence-corrected chi connectivity index (χ0v) is 8.51. The molecular weight excluding hydrogens is 228 g/mol. The van der Waals surface area contributed by atoms with Crippen LogP contribution in [0.2, 0.25) is 0 Å². The lowest BCUT2D eigenvalue weighted by Crippen LogP contribution is -2.06. The monoisotopic (exact) mass is 233 g/mol. The lowest BCUT2D eigenvalue weighted by Gasteiger charge is -1.93. The molecule has 0 fully saturated rings. The molecule has 1 rings (SSSR count). The smallest absolute Gasteiger partial charge is 0.261 e. The molecule has 8 heteroatoms. The average Bonchev–Trinajstić information content (AvgIpc) is 2.60. The first-order valence-corrected chi connectivity index (χ1v) is 4.82. The molecular formula is C6H6ClN4O2S. The highest BCUT2D eigenvalue weighted by molar-refractivity contribution is 7.09. The molecule has 1 aromatic rings. The molecule has 1 heterocycles. The third kappa shape index (κ3) is 2.93. The predicted molar refractivity (Wildman–Crippen MR) is 53.2 cm³/mol. The van der Waals surface area contributed by atoms with Gasteiger partial charge in [0.25, 0.3) is 6.29 Å². The minimum Gasteiger partial charge on any atom is -0.394 e. The highest BCUT2D eigenvalue weighted by Crippen LogP contribution is 2.05. The highest BCUT2D eigenvalue weighted by Gasteiger charge is 2.10. The van der Waals surface area contributed by atoms with Crippen molar-refractivity contribution in [1.29, 1.82) is 0 Å². The van der Waals surface area contributed by atoms with Crippen LogP contribution in [-0.4, -0.2) is 33.8 Å². The number of aromatic nitrogens is 2. The van der Waals surface area contributed by atoms with E-state index in [1.54, 1.807) is 6.29 Å². The van der Waals surface area contributed by atoms with E-state index in [9.17, 15) is 4.79 Å². The van der Waals surface area contributed by atoms with Crippen LogP contribution in [0.1, 0.15) is 5.82 Å². The molecule has 0 aromatic carbocycles. The molecule has 0 aliphatic rings. The summed E-state index contributed by atoms with van der Waals surface area (Å²) < 4.78 is 3.76. The Labute approximate surface area is 88.9 Å². The van der Waals surface area contributed by atoms with Crippen molar-refractivity contribution >= 4 is 40.3 Å². The molecule has 0 spiro atoms. The summed E-state index contributed by atoms with van der Waals surface area (Å²) >= 11 is 6.30. The van der Waals surface area contributed by atoms with Crippen molar-refractivity contribution in [2.24, 2.45) is 5.16 Å². The van der Waals surface area contributed by atoms with E-state index in [1.165, 1.54) is 0 Å². The van der Waals surface area contributed by atoms with E-state index >= 15 is 0 Å². The molecule has 0 aliphatic heterocycles. The van der Waals surface area contributed by atoms with Gasteiger partial charge in [0, 0.05) is 11.5 Å². The summed E-state index contributed by atoms with van der Waals surface area (Å²) in [6, 6.07) is 0. The second-order valence-corrected chi connectivity index (χ2v) is 3.18. The van der Waals surface area contributed by atoms with Gasteiger partial charge in [-0.2, -0.15) is 9.36 Å². The van der Waals surface area contributed by atoms with Gasteiger partial charge in [0.2, 0.25) is 5.82 Å². The fourth-order valence-electron chi connectivity index (χ4n) is 0.581. The molecule has 0 bridgehead atoms. The Bertz CT molecular complexity index is 340. The van der Waals surface area contributed by atoms with Crippen molar-refractivity contribution in [2.45, 2.75) is 0 Å². The number of nitrogens with two attached hydrogens (primary N) is 1. The van der Waals surface area contributed by atoms with Crippen molar-refractivity contribution in [3.8, 4) is 0 Å². The largest absolute Gasteiger partial charge is 0.394 e. The van der Waals surface area contributed by atoms with E-state index in [4.69, 9.17) is 17.3 Å². The van der Waals surface area contributed by atoms with E-state index in [-0.39, 0.29) is 29.2 Å². The highest BCUT2D eigenvalue weighted by atomic mass is 35.5. The Balaban J connectivity index is 2.71. The number of oxime groups is 1. The Morgan fingerprint density at radius 1 is 1.79 bits per heavy atom. The normalized spacial score (nSPS) is 11.4. The number of halogens is 1. The van der Waals surface area contributed by atoms with Crippen LogP contribution in [0, 0.1) is 0 Å². The number of nitrogen functional groups attached to an aromatic ring is 1. The van der Waals surface area contributed by atoms with Crippen LogP contribution < -0.4 is 5.73 Å². The SMILES string of the molecule is Nc1nc(/C([C]=O)=N/OCCCl)ns1. The van der Waals surface area contributed by atoms with Crippen molar-refractivity contribution in [3.05, 3.63) is 5.82 Å². The van der Waals surface area contributed by atoms with Crippen molar-refractivity contribution in [2.75, 3.05) is 18.2 Å². The molecule has 14 heavy (non-hydrogen) atoms. The predicted octanol–water partition coefficient (Wildman–Crippen LogP) is 0.190.